The average Bonchev–Trinajstić information content (AvgIpc) is 2.62. The summed E-state index contributed by atoms with van der Waals surface area (Å²) in [6.07, 6.45) is -0.104. The summed E-state index contributed by atoms with van der Waals surface area (Å²) < 4.78 is 5.54. The third-order valence-corrected chi connectivity index (χ3v) is 2.84. The Kier molecular flexibility index (Phi) is 4.23. The van der Waals surface area contributed by atoms with Crippen LogP contribution in [0.4, 0.5) is 0 Å². The van der Waals surface area contributed by atoms with Gasteiger partial charge in [0.05, 0.1) is 0 Å². The Hall–Kier alpha value is -0.940. The molecule has 15 heavy (non-hydrogen) atoms. The van der Waals surface area contributed by atoms with Crippen LogP contribution >= 0.6 is 11.3 Å². The van der Waals surface area contributed by atoms with Crippen LogP contribution in [0, 0.1) is 5.92 Å². The van der Waals surface area contributed by atoms with Gasteiger partial charge in [-0.2, -0.15) is 0 Å². The van der Waals surface area contributed by atoms with E-state index in [0.717, 1.165) is 5.01 Å². The maximum atomic E-state index is 10.7. The lowest BCUT2D eigenvalue weighted by atomic mass is 10.1. The van der Waals surface area contributed by atoms with Crippen molar-refractivity contribution in [2.75, 3.05) is 6.61 Å². The van der Waals surface area contributed by atoms with E-state index >= 15 is 0 Å². The summed E-state index contributed by atoms with van der Waals surface area (Å²) in [5.74, 6) is -0.700. The van der Waals surface area contributed by atoms with E-state index in [-0.39, 0.29) is 17.7 Å². The molecule has 0 saturated heterocycles. The van der Waals surface area contributed by atoms with E-state index in [0.29, 0.717) is 6.61 Å². The first-order chi connectivity index (χ1) is 7.06. The van der Waals surface area contributed by atoms with Crippen LogP contribution in [0.25, 0.3) is 0 Å². The molecule has 1 aromatic rings. The molecular formula is C10H15NO3S. The minimum atomic E-state index is -0.989. The first-order valence-electron chi connectivity index (χ1n) is 4.86. The number of nitrogens with zero attached hydrogens (tertiary/aromatic N) is 1. The summed E-state index contributed by atoms with van der Waals surface area (Å²) in [6.45, 7) is 6.58. The Labute approximate surface area is 92.9 Å². The second-order valence-electron chi connectivity index (χ2n) is 3.50. The fourth-order valence-corrected chi connectivity index (χ4v) is 2.26. The van der Waals surface area contributed by atoms with Gasteiger partial charge in [-0.05, 0) is 12.8 Å². The second kappa shape index (κ2) is 5.23. The Morgan fingerprint density at radius 1 is 1.67 bits per heavy atom. The molecule has 0 spiro atoms. The molecule has 0 fully saturated rings. The van der Waals surface area contributed by atoms with E-state index < -0.39 is 5.97 Å². The lowest BCUT2D eigenvalue weighted by Gasteiger charge is -2.17. The molecule has 1 heterocycles. The lowest BCUT2D eigenvalue weighted by Crippen LogP contribution is -2.11. The first-order valence-corrected chi connectivity index (χ1v) is 5.74. The molecule has 0 aliphatic heterocycles. The zero-order valence-electron chi connectivity index (χ0n) is 9.06. The maximum absolute atomic E-state index is 10.7. The van der Waals surface area contributed by atoms with Crippen LogP contribution in [0.15, 0.2) is 5.38 Å². The number of thiazole rings is 1. The molecule has 1 atom stereocenters. The van der Waals surface area contributed by atoms with Crippen molar-refractivity contribution in [1.29, 1.82) is 0 Å². The molecule has 1 aromatic heterocycles. The molecule has 0 amide bonds. The summed E-state index contributed by atoms with van der Waals surface area (Å²) in [7, 11) is 0. The monoisotopic (exact) mass is 229 g/mol. The van der Waals surface area contributed by atoms with Gasteiger partial charge in [0.1, 0.15) is 11.1 Å². The quantitative estimate of drug-likeness (QED) is 0.843. The standard InChI is InChI=1S/C10H15NO3S/c1-4-14-8(6(2)3)9-11-7(5-15-9)10(12)13/h5-6,8H,4H2,1-3H3,(H,12,13). The summed E-state index contributed by atoms with van der Waals surface area (Å²) in [6, 6.07) is 0. The number of carboxylic acid groups (broad SMARTS) is 1. The van der Waals surface area contributed by atoms with Gasteiger partial charge in [-0.25, -0.2) is 9.78 Å². The van der Waals surface area contributed by atoms with Crippen molar-refractivity contribution in [2.24, 2.45) is 5.92 Å². The van der Waals surface area contributed by atoms with Gasteiger partial charge in [0.25, 0.3) is 0 Å². The Balaban J connectivity index is 2.86. The summed E-state index contributed by atoms with van der Waals surface area (Å²) in [5.41, 5.74) is 0.0975. The Morgan fingerprint density at radius 3 is 2.73 bits per heavy atom. The van der Waals surface area contributed by atoms with Gasteiger partial charge in [-0.3, -0.25) is 0 Å². The van der Waals surface area contributed by atoms with Gasteiger partial charge in [-0.1, -0.05) is 13.8 Å². The molecule has 1 rings (SSSR count). The highest BCUT2D eigenvalue weighted by molar-refractivity contribution is 7.09. The van der Waals surface area contributed by atoms with Crippen LogP contribution in [0.1, 0.15) is 42.4 Å². The highest BCUT2D eigenvalue weighted by atomic mass is 32.1. The third kappa shape index (κ3) is 3.00. The number of aromatic carboxylic acids is 1. The molecule has 1 unspecified atom stereocenters. The SMILES string of the molecule is CCOC(c1nc(C(=O)O)cs1)C(C)C. The van der Waals surface area contributed by atoms with Crippen molar-refractivity contribution >= 4 is 17.3 Å². The normalized spacial score (nSPS) is 13.1. The highest BCUT2D eigenvalue weighted by Crippen LogP contribution is 2.28. The van der Waals surface area contributed by atoms with Gasteiger partial charge in [0.15, 0.2) is 5.69 Å². The molecule has 4 nitrogen and oxygen atoms in total. The smallest absolute Gasteiger partial charge is 0.355 e. The zero-order valence-corrected chi connectivity index (χ0v) is 9.87. The number of aromatic nitrogens is 1. The molecule has 0 bridgehead atoms. The van der Waals surface area contributed by atoms with Crippen LogP contribution in [0.3, 0.4) is 0 Å². The van der Waals surface area contributed by atoms with Gasteiger partial charge in [-0.15, -0.1) is 11.3 Å². The van der Waals surface area contributed by atoms with Gasteiger partial charge >= 0.3 is 5.97 Å². The van der Waals surface area contributed by atoms with Crippen LogP contribution in [0.2, 0.25) is 0 Å². The second-order valence-corrected chi connectivity index (χ2v) is 4.39. The van der Waals surface area contributed by atoms with E-state index in [1.165, 1.54) is 11.3 Å². The molecule has 0 aliphatic rings. The summed E-state index contributed by atoms with van der Waals surface area (Å²) in [4.78, 5) is 14.7. The van der Waals surface area contributed by atoms with E-state index in [1.54, 1.807) is 5.38 Å². The summed E-state index contributed by atoms with van der Waals surface area (Å²) >= 11 is 1.34. The predicted molar refractivity (Wildman–Crippen MR) is 58.3 cm³/mol. The van der Waals surface area contributed by atoms with Crippen LogP contribution in [-0.4, -0.2) is 22.7 Å². The molecule has 84 valence electrons. The van der Waals surface area contributed by atoms with Crippen molar-refractivity contribution < 1.29 is 14.6 Å². The topological polar surface area (TPSA) is 59.4 Å². The van der Waals surface area contributed by atoms with Crippen molar-refractivity contribution in [2.45, 2.75) is 26.9 Å². The Morgan fingerprint density at radius 2 is 2.33 bits per heavy atom. The minimum Gasteiger partial charge on any atom is -0.476 e. The van der Waals surface area contributed by atoms with Crippen LogP contribution in [0.5, 0.6) is 0 Å². The predicted octanol–water partition coefficient (Wildman–Crippen LogP) is 2.57. The number of hydrogen-bond donors (Lipinski definition) is 1. The molecule has 0 aliphatic carbocycles. The van der Waals surface area contributed by atoms with Crippen molar-refractivity contribution in [1.82, 2.24) is 4.98 Å². The summed E-state index contributed by atoms with van der Waals surface area (Å²) in [5, 5.41) is 11.0. The Bertz CT molecular complexity index is 335. The van der Waals surface area contributed by atoms with Gasteiger partial charge < -0.3 is 9.84 Å². The van der Waals surface area contributed by atoms with Crippen molar-refractivity contribution in [3.63, 3.8) is 0 Å². The van der Waals surface area contributed by atoms with Crippen molar-refractivity contribution in [3.05, 3.63) is 16.1 Å². The highest BCUT2D eigenvalue weighted by Gasteiger charge is 2.21. The largest absolute Gasteiger partial charge is 0.476 e. The minimum absolute atomic E-state index is 0.0975. The van der Waals surface area contributed by atoms with Gasteiger partial charge in [0.2, 0.25) is 0 Å². The first kappa shape index (κ1) is 12.1. The molecular weight excluding hydrogens is 214 g/mol. The molecule has 5 heteroatoms. The molecule has 0 radical (unpaired) electrons. The number of ether oxygens (including phenoxy) is 1. The van der Waals surface area contributed by atoms with Crippen LogP contribution < -0.4 is 0 Å². The van der Waals surface area contributed by atoms with Crippen molar-refractivity contribution in [3.8, 4) is 0 Å². The lowest BCUT2D eigenvalue weighted by molar-refractivity contribution is 0.0291. The molecule has 0 aromatic carbocycles. The van der Waals surface area contributed by atoms with Gasteiger partial charge in [0, 0.05) is 12.0 Å². The van der Waals surface area contributed by atoms with E-state index in [2.05, 4.69) is 4.98 Å². The molecule has 1 N–H and O–H groups in total. The number of rotatable bonds is 5. The van der Waals surface area contributed by atoms with E-state index in [4.69, 9.17) is 9.84 Å². The maximum Gasteiger partial charge on any atom is 0.355 e. The van der Waals surface area contributed by atoms with E-state index in [9.17, 15) is 4.79 Å². The van der Waals surface area contributed by atoms with E-state index in [1.807, 2.05) is 20.8 Å². The fourth-order valence-electron chi connectivity index (χ4n) is 1.24. The molecule has 0 saturated carbocycles. The fraction of sp³-hybridized carbons (Fsp3) is 0.600. The number of hydrogen-bond acceptors (Lipinski definition) is 4. The average molecular weight is 229 g/mol. The number of carbonyl (C=O) groups is 1. The zero-order chi connectivity index (χ0) is 11.4. The third-order valence-electron chi connectivity index (χ3n) is 1.94. The number of carboxylic acids is 1. The van der Waals surface area contributed by atoms with Crippen LogP contribution in [-0.2, 0) is 4.74 Å².